The number of rotatable bonds is 3. The van der Waals surface area contributed by atoms with Crippen molar-refractivity contribution in [1.29, 1.82) is 0 Å². The van der Waals surface area contributed by atoms with Crippen molar-refractivity contribution in [3.63, 3.8) is 0 Å². The van der Waals surface area contributed by atoms with E-state index in [-0.39, 0.29) is 22.6 Å². The smallest absolute Gasteiger partial charge is 0.224 e. The number of aliphatic imine (C=N–C) groups is 1. The third kappa shape index (κ3) is 2.53. The molecule has 1 spiro atoms. The largest absolute Gasteiger partial charge is 0.349 e. The summed E-state index contributed by atoms with van der Waals surface area (Å²) in [6.45, 7) is 2.89. The molecule has 0 aromatic heterocycles. The molecule has 3 nitrogen and oxygen atoms in total. The van der Waals surface area contributed by atoms with E-state index in [9.17, 15) is 4.79 Å². The van der Waals surface area contributed by atoms with Gasteiger partial charge in [0.05, 0.1) is 22.4 Å². The van der Waals surface area contributed by atoms with E-state index < -0.39 is 0 Å². The summed E-state index contributed by atoms with van der Waals surface area (Å²) in [6, 6.07) is 10.2. The van der Waals surface area contributed by atoms with Crippen LogP contribution in [0.1, 0.15) is 24.9 Å². The topological polar surface area (TPSA) is 41.5 Å². The average molecular weight is 338 g/mol. The van der Waals surface area contributed by atoms with Crippen LogP contribution in [0.4, 0.5) is 0 Å². The van der Waals surface area contributed by atoms with Crippen molar-refractivity contribution in [2.24, 2.45) is 16.8 Å². The SMILES string of the molecule is CC(NC(=O)C1CSC23C=CC=CC2=NCCC13)c1ccccc1. The number of hydrogen-bond acceptors (Lipinski definition) is 3. The Bertz CT molecular complexity index is 724. The minimum atomic E-state index is -0.0784. The number of allylic oxidation sites excluding steroid dienone is 3. The third-order valence-corrected chi connectivity index (χ3v) is 7.02. The van der Waals surface area contributed by atoms with Gasteiger partial charge in [0.25, 0.3) is 0 Å². The molecular weight excluding hydrogens is 316 g/mol. The molecule has 0 saturated carbocycles. The second kappa shape index (κ2) is 6.25. The van der Waals surface area contributed by atoms with Crippen molar-refractivity contribution >= 4 is 23.4 Å². The Morgan fingerprint density at radius 1 is 1.33 bits per heavy atom. The van der Waals surface area contributed by atoms with Crippen LogP contribution in [0.2, 0.25) is 0 Å². The highest BCUT2D eigenvalue weighted by molar-refractivity contribution is 8.02. The van der Waals surface area contributed by atoms with Gasteiger partial charge in [-0.1, -0.05) is 48.6 Å². The van der Waals surface area contributed by atoms with Crippen molar-refractivity contribution in [2.45, 2.75) is 24.1 Å². The lowest BCUT2D eigenvalue weighted by atomic mass is 9.74. The fourth-order valence-electron chi connectivity index (χ4n) is 4.07. The molecule has 1 amide bonds. The van der Waals surface area contributed by atoms with E-state index in [0.717, 1.165) is 30.0 Å². The van der Waals surface area contributed by atoms with Gasteiger partial charge in [-0.25, -0.2) is 0 Å². The molecule has 24 heavy (non-hydrogen) atoms. The molecular formula is C20H22N2OS. The maximum absolute atomic E-state index is 12.9. The van der Waals surface area contributed by atoms with E-state index in [1.807, 2.05) is 30.0 Å². The number of nitrogens with zero attached hydrogens (tertiary/aromatic N) is 1. The van der Waals surface area contributed by atoms with Crippen LogP contribution in [0, 0.1) is 11.8 Å². The molecule has 124 valence electrons. The van der Waals surface area contributed by atoms with Gasteiger partial charge in [0.15, 0.2) is 0 Å². The van der Waals surface area contributed by atoms with Crippen LogP contribution in [-0.4, -0.2) is 28.7 Å². The Labute approximate surface area is 147 Å². The highest BCUT2D eigenvalue weighted by atomic mass is 32.2. The number of carbonyl (C=O) groups excluding carboxylic acids is 1. The van der Waals surface area contributed by atoms with Crippen molar-refractivity contribution in [1.82, 2.24) is 5.32 Å². The Balaban J connectivity index is 1.52. The average Bonchev–Trinajstić information content (AvgIpc) is 3.00. The van der Waals surface area contributed by atoms with E-state index in [2.05, 4.69) is 48.7 Å². The van der Waals surface area contributed by atoms with Gasteiger partial charge >= 0.3 is 0 Å². The van der Waals surface area contributed by atoms with Crippen LogP contribution < -0.4 is 5.32 Å². The molecule has 1 aromatic carbocycles. The summed E-state index contributed by atoms with van der Waals surface area (Å²) in [5.74, 6) is 1.46. The highest BCUT2D eigenvalue weighted by Crippen LogP contribution is 2.52. The quantitative estimate of drug-likeness (QED) is 0.916. The number of nitrogens with one attached hydrogen (secondary N) is 1. The van der Waals surface area contributed by atoms with Crippen molar-refractivity contribution < 1.29 is 4.79 Å². The van der Waals surface area contributed by atoms with E-state index in [0.29, 0.717) is 5.92 Å². The summed E-state index contributed by atoms with van der Waals surface area (Å²) in [7, 11) is 0. The molecule has 4 rings (SSSR count). The van der Waals surface area contributed by atoms with Gasteiger partial charge < -0.3 is 5.32 Å². The second-order valence-electron chi connectivity index (χ2n) is 6.73. The van der Waals surface area contributed by atoms with Crippen LogP contribution in [0.25, 0.3) is 0 Å². The molecule has 4 unspecified atom stereocenters. The first-order valence-corrected chi connectivity index (χ1v) is 9.59. The van der Waals surface area contributed by atoms with Crippen LogP contribution in [0.15, 0.2) is 59.6 Å². The molecule has 1 aromatic rings. The molecule has 0 radical (unpaired) electrons. The lowest BCUT2D eigenvalue weighted by Gasteiger charge is -2.38. The monoisotopic (exact) mass is 338 g/mol. The first-order chi connectivity index (χ1) is 11.7. The van der Waals surface area contributed by atoms with E-state index in [1.54, 1.807) is 0 Å². The van der Waals surface area contributed by atoms with E-state index in [1.165, 1.54) is 0 Å². The van der Waals surface area contributed by atoms with Crippen molar-refractivity contribution in [2.75, 3.05) is 12.3 Å². The normalized spacial score (nSPS) is 31.8. The lowest BCUT2D eigenvalue weighted by Crippen LogP contribution is -2.46. The zero-order valence-electron chi connectivity index (χ0n) is 13.8. The number of hydrogen-bond donors (Lipinski definition) is 1. The van der Waals surface area contributed by atoms with Gasteiger partial charge in [-0.2, -0.15) is 0 Å². The Morgan fingerprint density at radius 2 is 2.17 bits per heavy atom. The van der Waals surface area contributed by atoms with Crippen LogP contribution in [-0.2, 0) is 4.79 Å². The fourth-order valence-corrected chi connectivity index (χ4v) is 5.86. The van der Waals surface area contributed by atoms with Gasteiger partial charge in [0.1, 0.15) is 0 Å². The van der Waals surface area contributed by atoms with Crippen molar-refractivity contribution in [3.8, 4) is 0 Å². The Morgan fingerprint density at radius 3 is 3.00 bits per heavy atom. The van der Waals surface area contributed by atoms with Crippen LogP contribution >= 0.6 is 11.8 Å². The maximum Gasteiger partial charge on any atom is 0.224 e. The summed E-state index contributed by atoms with van der Waals surface area (Å²) < 4.78 is -0.0784. The molecule has 2 aliphatic heterocycles. The summed E-state index contributed by atoms with van der Waals surface area (Å²) in [5.41, 5.74) is 2.30. The minimum Gasteiger partial charge on any atom is -0.349 e. The minimum absolute atomic E-state index is 0.0405. The Hall–Kier alpha value is -1.81. The lowest BCUT2D eigenvalue weighted by molar-refractivity contribution is -0.126. The molecule has 0 bridgehead atoms. The molecule has 1 fully saturated rings. The van der Waals surface area contributed by atoms with Gasteiger partial charge in [0, 0.05) is 12.3 Å². The standard InChI is InChI=1S/C20H22N2OS/c1-14(15-7-3-2-4-8-15)22-19(23)16-13-24-20-11-6-5-9-18(20)21-12-10-17(16)20/h2-9,11,14,16-17H,10,12-13H2,1H3,(H,22,23). The number of amides is 1. The first kappa shape index (κ1) is 15.7. The van der Waals surface area contributed by atoms with Gasteiger partial charge in [0.2, 0.25) is 5.91 Å². The zero-order valence-corrected chi connectivity index (χ0v) is 14.6. The molecule has 1 saturated heterocycles. The molecule has 4 atom stereocenters. The van der Waals surface area contributed by atoms with Gasteiger partial charge in [-0.05, 0) is 30.9 Å². The first-order valence-electron chi connectivity index (χ1n) is 8.61. The third-order valence-electron chi connectivity index (χ3n) is 5.36. The van der Waals surface area contributed by atoms with E-state index in [4.69, 9.17) is 4.99 Å². The number of benzene rings is 1. The van der Waals surface area contributed by atoms with Gasteiger partial charge in [-0.3, -0.25) is 9.79 Å². The molecule has 3 aliphatic rings. The molecule has 1 aliphatic carbocycles. The molecule has 4 heteroatoms. The van der Waals surface area contributed by atoms with E-state index >= 15 is 0 Å². The van der Waals surface area contributed by atoms with Crippen LogP contribution in [0.3, 0.4) is 0 Å². The fraction of sp³-hybridized carbons (Fsp3) is 0.400. The number of thioether (sulfide) groups is 1. The summed E-state index contributed by atoms with van der Waals surface area (Å²) >= 11 is 1.89. The summed E-state index contributed by atoms with van der Waals surface area (Å²) in [5, 5.41) is 3.23. The van der Waals surface area contributed by atoms with Crippen molar-refractivity contribution in [3.05, 3.63) is 60.2 Å². The molecule has 1 N–H and O–H groups in total. The predicted molar refractivity (Wildman–Crippen MR) is 100 cm³/mol. The molecule has 2 heterocycles. The zero-order chi connectivity index (χ0) is 16.6. The second-order valence-corrected chi connectivity index (χ2v) is 8.03. The highest BCUT2D eigenvalue weighted by Gasteiger charge is 2.54. The van der Waals surface area contributed by atoms with Crippen LogP contribution in [0.5, 0.6) is 0 Å². The Kier molecular flexibility index (Phi) is 4.09. The predicted octanol–water partition coefficient (Wildman–Crippen LogP) is 3.55. The van der Waals surface area contributed by atoms with Gasteiger partial charge in [-0.15, -0.1) is 11.8 Å². The summed E-state index contributed by atoms with van der Waals surface area (Å²) in [6.07, 6.45) is 9.53. The summed E-state index contributed by atoms with van der Waals surface area (Å²) in [4.78, 5) is 17.7. The number of carbonyl (C=O) groups is 1. The maximum atomic E-state index is 12.9.